The van der Waals surface area contributed by atoms with E-state index in [0.29, 0.717) is 24.0 Å². The average Bonchev–Trinajstić information content (AvgIpc) is 3.10. The molecule has 0 saturated carbocycles. The molecule has 3 rings (SSSR count). The van der Waals surface area contributed by atoms with Crippen LogP contribution in [0.4, 0.5) is 4.39 Å². The summed E-state index contributed by atoms with van der Waals surface area (Å²) in [5.74, 6) is 0.232. The van der Waals surface area contributed by atoms with Gasteiger partial charge in [0, 0.05) is 5.56 Å². The minimum Gasteiger partial charge on any atom is -0.337 e. The summed E-state index contributed by atoms with van der Waals surface area (Å²) in [5.41, 5.74) is 7.19. The minimum atomic E-state index is -3.76. The maximum Gasteiger partial charge on any atom is 0.243 e. The highest BCUT2D eigenvalue weighted by molar-refractivity contribution is 7.89. The summed E-state index contributed by atoms with van der Waals surface area (Å²) in [6.07, 6.45) is 0.877. The van der Waals surface area contributed by atoms with Crippen LogP contribution in [-0.4, -0.2) is 18.6 Å². The van der Waals surface area contributed by atoms with Crippen molar-refractivity contribution in [2.24, 2.45) is 10.9 Å². The molecule has 26 heavy (non-hydrogen) atoms. The van der Waals surface area contributed by atoms with Gasteiger partial charge in [-0.05, 0) is 48.7 Å². The van der Waals surface area contributed by atoms with Crippen LogP contribution in [0, 0.1) is 5.82 Å². The van der Waals surface area contributed by atoms with Crippen molar-refractivity contribution in [1.82, 2.24) is 10.1 Å². The molecule has 0 amide bonds. The highest BCUT2D eigenvalue weighted by Gasteiger charge is 2.17. The molecule has 1 heterocycles. The number of hydrogen-bond donors (Lipinski definition) is 2. The molecule has 0 unspecified atom stereocenters. The molecule has 7 nitrogen and oxygen atoms in total. The lowest BCUT2D eigenvalue weighted by atomic mass is 10.1. The molecule has 0 radical (unpaired) electrons. The first kappa shape index (κ1) is 18.2. The number of nitrogens with zero attached hydrogens (tertiary/aromatic N) is 2. The summed E-state index contributed by atoms with van der Waals surface area (Å²) in [5, 5.41) is 8.91. The molecule has 0 aliphatic heterocycles. The molecule has 4 N–H and O–H groups in total. The molecular weight excluding hydrogens is 359 g/mol. The summed E-state index contributed by atoms with van der Waals surface area (Å²) < 4.78 is 41.4. The van der Waals surface area contributed by atoms with Gasteiger partial charge in [-0.2, -0.15) is 4.98 Å². The Morgan fingerprint density at radius 3 is 2.46 bits per heavy atom. The van der Waals surface area contributed by atoms with Gasteiger partial charge in [-0.15, -0.1) is 0 Å². The number of aryl methyl sites for hydroxylation is 1. The molecule has 3 aromatic rings. The van der Waals surface area contributed by atoms with Gasteiger partial charge in [-0.1, -0.05) is 23.4 Å². The van der Waals surface area contributed by atoms with Gasteiger partial charge in [0.2, 0.25) is 21.7 Å². The highest BCUT2D eigenvalue weighted by Crippen LogP contribution is 2.22. The van der Waals surface area contributed by atoms with E-state index in [0.717, 1.165) is 0 Å². The van der Waals surface area contributed by atoms with E-state index in [1.807, 2.05) is 0 Å². The van der Waals surface area contributed by atoms with Gasteiger partial charge in [-0.25, -0.2) is 17.9 Å². The van der Waals surface area contributed by atoms with Crippen molar-refractivity contribution in [3.05, 3.63) is 65.8 Å². The molecule has 0 saturated heterocycles. The summed E-state index contributed by atoms with van der Waals surface area (Å²) in [4.78, 5) is 4.22. The van der Waals surface area contributed by atoms with Crippen LogP contribution in [0.2, 0.25) is 0 Å². The monoisotopic (exact) mass is 376 g/mol. The van der Waals surface area contributed by atoms with Crippen LogP contribution in [0.1, 0.15) is 23.9 Å². The average molecular weight is 376 g/mol. The largest absolute Gasteiger partial charge is 0.337 e. The second-order valence-corrected chi connectivity index (χ2v) is 7.32. The Morgan fingerprint density at radius 2 is 1.81 bits per heavy atom. The number of halogens is 1. The molecule has 0 aliphatic rings. The summed E-state index contributed by atoms with van der Waals surface area (Å²) in [6.45, 7) is 0. The van der Waals surface area contributed by atoms with Crippen molar-refractivity contribution in [2.45, 2.75) is 23.8 Å². The first-order valence-corrected chi connectivity index (χ1v) is 9.35. The van der Waals surface area contributed by atoms with Crippen LogP contribution in [-0.2, 0) is 16.4 Å². The van der Waals surface area contributed by atoms with E-state index in [1.54, 1.807) is 18.2 Å². The maximum atomic E-state index is 13.6. The molecule has 0 bridgehead atoms. The molecule has 0 spiro atoms. The third kappa shape index (κ3) is 4.13. The van der Waals surface area contributed by atoms with E-state index < -0.39 is 16.1 Å². The predicted octanol–water partition coefficient (Wildman–Crippen LogP) is 2.16. The normalized spacial score (nSPS) is 12.9. The second-order valence-electron chi connectivity index (χ2n) is 5.76. The number of primary sulfonamides is 1. The smallest absolute Gasteiger partial charge is 0.243 e. The first-order chi connectivity index (χ1) is 12.3. The van der Waals surface area contributed by atoms with E-state index >= 15 is 0 Å². The van der Waals surface area contributed by atoms with Gasteiger partial charge < -0.3 is 10.3 Å². The number of benzene rings is 2. The van der Waals surface area contributed by atoms with Gasteiger partial charge in [0.25, 0.3) is 0 Å². The van der Waals surface area contributed by atoms with Gasteiger partial charge >= 0.3 is 0 Å². The Bertz CT molecular complexity index is 1000. The Balaban J connectivity index is 1.70. The number of rotatable bonds is 6. The molecular formula is C17H17FN4O3S. The molecule has 0 aliphatic carbocycles. The van der Waals surface area contributed by atoms with Gasteiger partial charge in [0.15, 0.2) is 0 Å². The van der Waals surface area contributed by atoms with Crippen molar-refractivity contribution < 1.29 is 17.3 Å². The predicted molar refractivity (Wildman–Crippen MR) is 92.8 cm³/mol. The van der Waals surface area contributed by atoms with E-state index in [-0.39, 0.29) is 22.4 Å². The van der Waals surface area contributed by atoms with Crippen LogP contribution >= 0.6 is 0 Å². The van der Waals surface area contributed by atoms with E-state index in [4.69, 9.17) is 15.4 Å². The fraction of sp³-hybridized carbons (Fsp3) is 0.176. The fourth-order valence-electron chi connectivity index (χ4n) is 2.43. The van der Waals surface area contributed by atoms with Crippen molar-refractivity contribution in [1.29, 1.82) is 0 Å². The molecule has 1 aromatic heterocycles. The van der Waals surface area contributed by atoms with Crippen molar-refractivity contribution in [2.75, 3.05) is 0 Å². The summed E-state index contributed by atoms with van der Waals surface area (Å²) in [7, 11) is -3.76. The quantitative estimate of drug-likeness (QED) is 0.679. The molecule has 1 atom stereocenters. The zero-order chi connectivity index (χ0) is 18.7. The van der Waals surface area contributed by atoms with E-state index in [1.165, 1.54) is 30.3 Å². The van der Waals surface area contributed by atoms with Gasteiger partial charge in [-0.3, -0.25) is 0 Å². The third-order valence-corrected chi connectivity index (χ3v) is 4.81. The number of hydrogen-bond acceptors (Lipinski definition) is 6. The second kappa shape index (κ2) is 7.32. The zero-order valence-electron chi connectivity index (χ0n) is 13.7. The molecule has 136 valence electrons. The maximum absolute atomic E-state index is 13.6. The third-order valence-electron chi connectivity index (χ3n) is 3.88. The van der Waals surface area contributed by atoms with Crippen LogP contribution in [0.15, 0.2) is 57.9 Å². The fourth-order valence-corrected chi connectivity index (χ4v) is 2.95. The van der Waals surface area contributed by atoms with Crippen LogP contribution in [0.25, 0.3) is 11.4 Å². The first-order valence-electron chi connectivity index (χ1n) is 7.80. The van der Waals surface area contributed by atoms with E-state index in [2.05, 4.69) is 10.1 Å². The summed E-state index contributed by atoms with van der Waals surface area (Å²) >= 11 is 0. The standard InChI is InChI=1S/C17H17FN4O3S/c18-14-4-2-1-3-11(14)7-10-15(19)17-21-16(22-25-17)12-5-8-13(9-6-12)26(20,23)24/h1-6,8-9,15H,7,10,19H2,(H2,20,23,24)/t15-/m1/s1. The Hall–Kier alpha value is -2.62. The topological polar surface area (TPSA) is 125 Å². The Kier molecular flexibility index (Phi) is 5.12. The number of nitrogens with two attached hydrogens (primary N) is 2. The lowest BCUT2D eigenvalue weighted by Crippen LogP contribution is -2.12. The minimum absolute atomic E-state index is 0.00782. The van der Waals surface area contributed by atoms with Crippen molar-refractivity contribution in [3.63, 3.8) is 0 Å². The van der Waals surface area contributed by atoms with Crippen LogP contribution < -0.4 is 10.9 Å². The van der Waals surface area contributed by atoms with Crippen molar-refractivity contribution >= 4 is 10.0 Å². The molecule has 0 fully saturated rings. The number of sulfonamides is 1. The lowest BCUT2D eigenvalue weighted by Gasteiger charge is -2.07. The Labute approximate surface area is 149 Å². The zero-order valence-corrected chi connectivity index (χ0v) is 14.5. The van der Waals surface area contributed by atoms with Crippen LogP contribution in [0.5, 0.6) is 0 Å². The molecule has 2 aromatic carbocycles. The van der Waals surface area contributed by atoms with Gasteiger partial charge in [0.05, 0.1) is 10.9 Å². The van der Waals surface area contributed by atoms with Crippen LogP contribution in [0.3, 0.4) is 0 Å². The SMILES string of the molecule is N[C@H](CCc1ccccc1F)c1nc(-c2ccc(S(N)(=O)=O)cc2)no1. The Morgan fingerprint density at radius 1 is 1.12 bits per heavy atom. The van der Waals surface area contributed by atoms with Crippen molar-refractivity contribution in [3.8, 4) is 11.4 Å². The number of aromatic nitrogens is 2. The van der Waals surface area contributed by atoms with Gasteiger partial charge in [0.1, 0.15) is 5.82 Å². The molecule has 9 heteroatoms. The highest BCUT2D eigenvalue weighted by atomic mass is 32.2. The van der Waals surface area contributed by atoms with E-state index in [9.17, 15) is 12.8 Å². The summed E-state index contributed by atoms with van der Waals surface area (Å²) in [6, 6.07) is 11.7. The lowest BCUT2D eigenvalue weighted by molar-refractivity contribution is 0.348.